The van der Waals surface area contributed by atoms with Crippen LogP contribution in [0.15, 0.2) is 82.2 Å². The molecule has 3 nitrogen and oxygen atoms in total. The lowest BCUT2D eigenvalue weighted by atomic mass is 10.1. The quantitative estimate of drug-likeness (QED) is 0.314. The van der Waals surface area contributed by atoms with Gasteiger partial charge in [-0.25, -0.2) is 9.67 Å². The Kier molecular flexibility index (Phi) is 5.98. The Morgan fingerprint density at radius 2 is 1.63 bits per heavy atom. The lowest BCUT2D eigenvalue weighted by Crippen LogP contribution is -2.11. The largest absolute Gasteiger partial charge is 0.220 e. The molecule has 4 aromatic rings. The Bertz CT molecular complexity index is 1280. The van der Waals surface area contributed by atoms with Crippen molar-refractivity contribution in [3.05, 3.63) is 104 Å². The zero-order valence-electron chi connectivity index (χ0n) is 17.1. The van der Waals surface area contributed by atoms with Crippen molar-refractivity contribution in [1.82, 2.24) is 4.68 Å². The molecule has 0 aliphatic carbocycles. The molecule has 0 spiro atoms. The summed E-state index contributed by atoms with van der Waals surface area (Å²) in [6.07, 6.45) is 1.89. The van der Waals surface area contributed by atoms with Crippen molar-refractivity contribution in [3.63, 3.8) is 0 Å². The van der Waals surface area contributed by atoms with Gasteiger partial charge in [0.2, 0.25) is 4.80 Å². The minimum absolute atomic E-state index is 0.712. The third-order valence-electron chi connectivity index (χ3n) is 5.04. The van der Waals surface area contributed by atoms with Crippen LogP contribution in [-0.4, -0.2) is 10.9 Å². The highest BCUT2D eigenvalue weighted by molar-refractivity contribution is 7.07. The van der Waals surface area contributed by atoms with Crippen molar-refractivity contribution in [2.75, 3.05) is 0 Å². The first-order chi connectivity index (χ1) is 14.5. The van der Waals surface area contributed by atoms with E-state index in [0.717, 1.165) is 27.3 Å². The average Bonchev–Trinajstić information content (AvgIpc) is 3.13. The summed E-state index contributed by atoms with van der Waals surface area (Å²) < 4.78 is 1.90. The summed E-state index contributed by atoms with van der Waals surface area (Å²) in [4.78, 5) is 5.70. The van der Waals surface area contributed by atoms with Gasteiger partial charge in [-0.2, -0.15) is 5.10 Å². The summed E-state index contributed by atoms with van der Waals surface area (Å²) in [5.74, 6) is 0. The summed E-state index contributed by atoms with van der Waals surface area (Å²) in [6.45, 7) is 6.29. The van der Waals surface area contributed by atoms with E-state index in [1.165, 1.54) is 16.7 Å². The fraction of sp³-hybridized carbons (Fsp3) is 0.120. The zero-order valence-corrected chi connectivity index (χ0v) is 18.7. The summed E-state index contributed by atoms with van der Waals surface area (Å²) in [7, 11) is 0. The lowest BCUT2D eigenvalue weighted by Gasteiger charge is -2.05. The van der Waals surface area contributed by atoms with Gasteiger partial charge < -0.3 is 0 Å². The highest BCUT2D eigenvalue weighted by Gasteiger charge is 2.08. The van der Waals surface area contributed by atoms with E-state index in [4.69, 9.17) is 21.7 Å². The molecule has 1 aromatic heterocycles. The third-order valence-corrected chi connectivity index (χ3v) is 6.11. The predicted octanol–water partition coefficient (Wildman–Crippen LogP) is 6.91. The maximum absolute atomic E-state index is 6.09. The second-order valence-electron chi connectivity index (χ2n) is 7.20. The molecule has 0 atom stereocenters. The van der Waals surface area contributed by atoms with Crippen molar-refractivity contribution in [2.24, 2.45) is 10.1 Å². The van der Waals surface area contributed by atoms with E-state index in [-0.39, 0.29) is 0 Å². The lowest BCUT2D eigenvalue weighted by molar-refractivity contribution is 0.854. The molecule has 0 aliphatic rings. The van der Waals surface area contributed by atoms with Gasteiger partial charge in [-0.15, -0.1) is 11.3 Å². The number of aromatic nitrogens is 1. The molecule has 0 saturated carbocycles. The molecule has 0 radical (unpaired) electrons. The fourth-order valence-corrected chi connectivity index (χ4v) is 4.05. The topological polar surface area (TPSA) is 29.6 Å². The van der Waals surface area contributed by atoms with Gasteiger partial charge in [0, 0.05) is 16.0 Å². The van der Waals surface area contributed by atoms with E-state index in [1.54, 1.807) is 11.3 Å². The summed E-state index contributed by atoms with van der Waals surface area (Å²) in [5.41, 5.74) is 7.67. The number of thiazole rings is 1. The minimum Gasteiger partial charge on any atom is -0.220 e. The predicted molar refractivity (Wildman–Crippen MR) is 128 cm³/mol. The van der Waals surface area contributed by atoms with E-state index in [1.807, 2.05) is 53.4 Å². The van der Waals surface area contributed by atoms with Gasteiger partial charge in [0.05, 0.1) is 17.6 Å². The molecular weight excluding hydrogens is 410 g/mol. The molecule has 1 heterocycles. The second kappa shape index (κ2) is 8.82. The van der Waals surface area contributed by atoms with Crippen molar-refractivity contribution in [1.29, 1.82) is 0 Å². The van der Waals surface area contributed by atoms with E-state index < -0.39 is 0 Å². The van der Waals surface area contributed by atoms with Crippen LogP contribution in [0.2, 0.25) is 5.02 Å². The van der Waals surface area contributed by atoms with Crippen molar-refractivity contribution < 1.29 is 0 Å². The second-order valence-corrected chi connectivity index (χ2v) is 8.48. The number of rotatable bonds is 4. The number of aryl methyl sites for hydroxylation is 3. The highest BCUT2D eigenvalue weighted by Crippen LogP contribution is 2.23. The standard InChI is InChI=1S/C25H22ClN3S/c1-17-8-13-23(14-19(17)3)28-25-29(27-15-21-7-5-4-6-18(21)2)24(16-30-25)20-9-11-22(26)12-10-20/h4-16H,1-3H3/b27-15+,28-25?. The Balaban J connectivity index is 1.86. The van der Waals surface area contributed by atoms with Crippen molar-refractivity contribution >= 4 is 34.8 Å². The Hall–Kier alpha value is -2.95. The monoisotopic (exact) mass is 431 g/mol. The maximum atomic E-state index is 6.09. The molecule has 0 unspecified atom stereocenters. The maximum Gasteiger partial charge on any atom is 0.211 e. The van der Waals surface area contributed by atoms with Crippen LogP contribution in [-0.2, 0) is 0 Å². The van der Waals surface area contributed by atoms with Gasteiger partial charge in [-0.05, 0) is 67.3 Å². The first-order valence-corrected chi connectivity index (χ1v) is 11.0. The minimum atomic E-state index is 0.712. The first kappa shape index (κ1) is 20.3. The van der Waals surface area contributed by atoms with Crippen LogP contribution in [0.3, 0.4) is 0 Å². The summed E-state index contributed by atoms with van der Waals surface area (Å²) in [6, 6.07) is 22.2. The molecular formula is C25H22ClN3S. The molecule has 4 rings (SSSR count). The first-order valence-electron chi connectivity index (χ1n) is 9.70. The number of nitrogens with zero attached hydrogens (tertiary/aromatic N) is 3. The van der Waals surface area contributed by atoms with Crippen LogP contribution in [0.25, 0.3) is 11.3 Å². The molecule has 0 fully saturated rings. The Morgan fingerprint density at radius 3 is 2.37 bits per heavy atom. The van der Waals surface area contributed by atoms with E-state index in [2.05, 4.69) is 50.4 Å². The molecule has 0 bridgehead atoms. The van der Waals surface area contributed by atoms with Crippen LogP contribution in [0.4, 0.5) is 5.69 Å². The molecule has 150 valence electrons. The van der Waals surface area contributed by atoms with Crippen molar-refractivity contribution in [2.45, 2.75) is 20.8 Å². The summed E-state index contributed by atoms with van der Waals surface area (Å²) >= 11 is 7.65. The van der Waals surface area contributed by atoms with E-state index in [0.29, 0.717) is 5.02 Å². The van der Waals surface area contributed by atoms with Gasteiger partial charge in [-0.1, -0.05) is 54.1 Å². The van der Waals surface area contributed by atoms with Gasteiger partial charge in [-0.3, -0.25) is 0 Å². The average molecular weight is 432 g/mol. The molecule has 30 heavy (non-hydrogen) atoms. The number of hydrogen-bond donors (Lipinski definition) is 0. The van der Waals surface area contributed by atoms with Crippen LogP contribution >= 0.6 is 22.9 Å². The van der Waals surface area contributed by atoms with Crippen LogP contribution in [0.5, 0.6) is 0 Å². The molecule has 0 aliphatic heterocycles. The fourth-order valence-electron chi connectivity index (χ4n) is 3.06. The molecule has 0 N–H and O–H groups in total. The van der Waals surface area contributed by atoms with Crippen LogP contribution in [0.1, 0.15) is 22.3 Å². The van der Waals surface area contributed by atoms with Gasteiger partial charge in [0.15, 0.2) is 0 Å². The van der Waals surface area contributed by atoms with Crippen molar-refractivity contribution in [3.8, 4) is 11.3 Å². The van der Waals surface area contributed by atoms with E-state index in [9.17, 15) is 0 Å². The van der Waals surface area contributed by atoms with E-state index >= 15 is 0 Å². The van der Waals surface area contributed by atoms with Gasteiger partial charge in [0.1, 0.15) is 0 Å². The number of benzene rings is 3. The Labute approximate surface area is 185 Å². The van der Waals surface area contributed by atoms with Crippen LogP contribution < -0.4 is 4.80 Å². The Morgan fingerprint density at radius 1 is 0.867 bits per heavy atom. The normalized spacial score (nSPS) is 12.1. The third kappa shape index (κ3) is 4.45. The van der Waals surface area contributed by atoms with Gasteiger partial charge in [0.25, 0.3) is 0 Å². The van der Waals surface area contributed by atoms with Crippen LogP contribution in [0, 0.1) is 20.8 Å². The number of halogens is 1. The number of hydrogen-bond acceptors (Lipinski definition) is 3. The molecule has 5 heteroatoms. The molecule has 3 aromatic carbocycles. The van der Waals surface area contributed by atoms with Gasteiger partial charge >= 0.3 is 0 Å². The SMILES string of the molecule is Cc1ccc(N=c2scc(-c3ccc(Cl)cc3)n2/N=C/c2ccccc2C)cc1C. The molecule has 0 amide bonds. The molecule has 0 saturated heterocycles. The summed E-state index contributed by atoms with van der Waals surface area (Å²) in [5, 5.41) is 7.60. The highest BCUT2D eigenvalue weighted by atomic mass is 35.5. The smallest absolute Gasteiger partial charge is 0.211 e. The zero-order chi connectivity index (χ0) is 21.1.